The summed E-state index contributed by atoms with van der Waals surface area (Å²) in [6.07, 6.45) is 0.151. The van der Waals surface area contributed by atoms with Gasteiger partial charge in [-0.2, -0.15) is 0 Å². The number of aryl methyl sites for hydroxylation is 2. The average Bonchev–Trinajstić information content (AvgIpc) is 2.33. The molecule has 0 heterocycles. The first-order chi connectivity index (χ1) is 9.40. The summed E-state index contributed by atoms with van der Waals surface area (Å²) in [5.41, 5.74) is 2.39. The van der Waals surface area contributed by atoms with Crippen LogP contribution in [-0.4, -0.2) is 0 Å². The van der Waals surface area contributed by atoms with Gasteiger partial charge in [0, 0.05) is 0 Å². The molecule has 0 amide bonds. The maximum atomic E-state index is 13.6. The maximum absolute atomic E-state index is 13.6. The topological polar surface area (TPSA) is 0 Å². The Balaban J connectivity index is 2.33. The van der Waals surface area contributed by atoms with Gasteiger partial charge in [0.15, 0.2) is 11.6 Å². The summed E-state index contributed by atoms with van der Waals surface area (Å²) >= 11 is 6.32. The number of hydrogen-bond donors (Lipinski definition) is 0. The Labute approximate surface area is 121 Å². The summed E-state index contributed by atoms with van der Waals surface area (Å²) in [5.74, 6) is -2.10. The molecule has 106 valence electrons. The van der Waals surface area contributed by atoms with Crippen molar-refractivity contribution in [3.8, 4) is 0 Å². The molecule has 1 unspecified atom stereocenters. The molecule has 0 N–H and O–H groups in total. The molecule has 0 saturated carbocycles. The molecule has 0 fully saturated rings. The van der Waals surface area contributed by atoms with E-state index in [4.69, 9.17) is 11.6 Å². The lowest BCUT2D eigenvalue weighted by atomic mass is 9.95. The van der Waals surface area contributed by atoms with Crippen LogP contribution in [0.15, 0.2) is 30.3 Å². The van der Waals surface area contributed by atoms with E-state index in [0.717, 1.165) is 11.6 Å². The molecule has 0 aliphatic rings. The first-order valence-electron chi connectivity index (χ1n) is 6.23. The molecule has 0 radical (unpaired) electrons. The first-order valence-corrected chi connectivity index (χ1v) is 6.67. The lowest BCUT2D eigenvalue weighted by Crippen LogP contribution is -2.04. The largest absolute Gasteiger partial charge is 0.207 e. The highest BCUT2D eigenvalue weighted by atomic mass is 35.5. The highest BCUT2D eigenvalue weighted by Crippen LogP contribution is 2.32. The molecule has 0 saturated heterocycles. The van der Waals surface area contributed by atoms with E-state index in [1.165, 1.54) is 24.3 Å². The molecular weight excluding hydrogens is 285 g/mol. The molecule has 0 aliphatic heterocycles. The van der Waals surface area contributed by atoms with Gasteiger partial charge in [0.25, 0.3) is 0 Å². The van der Waals surface area contributed by atoms with E-state index in [0.29, 0.717) is 11.1 Å². The van der Waals surface area contributed by atoms with Crippen molar-refractivity contribution in [3.63, 3.8) is 0 Å². The number of rotatable bonds is 3. The second-order valence-corrected chi connectivity index (χ2v) is 5.36. The van der Waals surface area contributed by atoms with Gasteiger partial charge in [0.1, 0.15) is 5.82 Å². The van der Waals surface area contributed by atoms with Gasteiger partial charge in [0.05, 0.1) is 5.38 Å². The van der Waals surface area contributed by atoms with Crippen LogP contribution in [-0.2, 0) is 6.42 Å². The zero-order chi connectivity index (χ0) is 14.9. The van der Waals surface area contributed by atoms with Gasteiger partial charge in [-0.05, 0) is 60.7 Å². The number of alkyl halides is 1. The van der Waals surface area contributed by atoms with Gasteiger partial charge >= 0.3 is 0 Å². The molecule has 0 aliphatic carbocycles. The van der Waals surface area contributed by atoms with E-state index in [1.54, 1.807) is 13.8 Å². The normalized spacial score (nSPS) is 12.5. The Morgan fingerprint density at radius 3 is 2.25 bits per heavy atom. The summed E-state index contributed by atoms with van der Waals surface area (Å²) in [7, 11) is 0. The van der Waals surface area contributed by atoms with Gasteiger partial charge in [-0.25, -0.2) is 13.2 Å². The van der Waals surface area contributed by atoms with Crippen molar-refractivity contribution >= 4 is 11.6 Å². The molecule has 1 atom stereocenters. The highest BCUT2D eigenvalue weighted by Gasteiger charge is 2.18. The fraction of sp³-hybridized carbons (Fsp3) is 0.250. The quantitative estimate of drug-likeness (QED) is 0.680. The standard InChI is InChI=1S/C16H14ClF3/c1-9-6-12(18)7-10(2)15(9)13(17)8-11-4-3-5-14(19)16(11)20/h3-7,13H,8H2,1-2H3. The molecular formula is C16H14ClF3. The van der Waals surface area contributed by atoms with Crippen LogP contribution in [0.4, 0.5) is 13.2 Å². The Morgan fingerprint density at radius 2 is 1.65 bits per heavy atom. The molecule has 0 spiro atoms. The summed E-state index contributed by atoms with van der Waals surface area (Å²) in [5, 5.41) is -0.535. The van der Waals surface area contributed by atoms with E-state index < -0.39 is 17.0 Å². The number of hydrogen-bond acceptors (Lipinski definition) is 0. The minimum absolute atomic E-state index is 0.151. The molecule has 2 aromatic rings. The van der Waals surface area contributed by atoms with Crippen LogP contribution in [0.25, 0.3) is 0 Å². The van der Waals surface area contributed by atoms with Crippen LogP contribution in [0.3, 0.4) is 0 Å². The Morgan fingerprint density at radius 1 is 1.05 bits per heavy atom. The van der Waals surface area contributed by atoms with Gasteiger partial charge in [-0.3, -0.25) is 0 Å². The van der Waals surface area contributed by atoms with E-state index in [1.807, 2.05) is 0 Å². The molecule has 20 heavy (non-hydrogen) atoms. The van der Waals surface area contributed by atoms with E-state index >= 15 is 0 Å². The Bertz CT molecular complexity index is 615. The minimum atomic E-state index is -0.890. The first kappa shape index (κ1) is 14.9. The predicted octanol–water partition coefficient (Wildman–Crippen LogP) is 5.24. The second kappa shape index (κ2) is 5.88. The zero-order valence-electron chi connectivity index (χ0n) is 11.2. The average molecular weight is 299 g/mol. The monoisotopic (exact) mass is 298 g/mol. The predicted molar refractivity (Wildman–Crippen MR) is 74.5 cm³/mol. The fourth-order valence-electron chi connectivity index (χ4n) is 2.42. The second-order valence-electron chi connectivity index (χ2n) is 4.84. The molecule has 0 nitrogen and oxygen atoms in total. The van der Waals surface area contributed by atoms with Crippen molar-refractivity contribution in [1.29, 1.82) is 0 Å². The van der Waals surface area contributed by atoms with Crippen LogP contribution in [0, 0.1) is 31.3 Å². The highest BCUT2D eigenvalue weighted by molar-refractivity contribution is 6.21. The van der Waals surface area contributed by atoms with Gasteiger partial charge in [-0.15, -0.1) is 11.6 Å². The van der Waals surface area contributed by atoms with Crippen molar-refractivity contribution < 1.29 is 13.2 Å². The van der Waals surface area contributed by atoms with Crippen LogP contribution >= 0.6 is 11.6 Å². The molecule has 2 rings (SSSR count). The smallest absolute Gasteiger partial charge is 0.162 e. The molecule has 0 bridgehead atoms. The van der Waals surface area contributed by atoms with Crippen molar-refractivity contribution in [3.05, 3.63) is 70.0 Å². The third-order valence-corrected chi connectivity index (χ3v) is 3.67. The van der Waals surface area contributed by atoms with E-state index in [9.17, 15) is 13.2 Å². The van der Waals surface area contributed by atoms with Crippen molar-refractivity contribution in [1.82, 2.24) is 0 Å². The summed E-state index contributed by atoms with van der Waals surface area (Å²) in [6.45, 7) is 3.51. The van der Waals surface area contributed by atoms with Crippen LogP contribution < -0.4 is 0 Å². The summed E-state index contributed by atoms with van der Waals surface area (Å²) in [4.78, 5) is 0. The van der Waals surface area contributed by atoms with Crippen molar-refractivity contribution in [2.45, 2.75) is 25.6 Å². The van der Waals surface area contributed by atoms with Gasteiger partial charge in [0.2, 0.25) is 0 Å². The van der Waals surface area contributed by atoms with E-state index in [-0.39, 0.29) is 17.8 Å². The van der Waals surface area contributed by atoms with Crippen molar-refractivity contribution in [2.75, 3.05) is 0 Å². The summed E-state index contributed by atoms with van der Waals surface area (Å²) < 4.78 is 40.1. The molecule has 4 heteroatoms. The van der Waals surface area contributed by atoms with Crippen LogP contribution in [0.2, 0.25) is 0 Å². The van der Waals surface area contributed by atoms with Crippen molar-refractivity contribution in [2.24, 2.45) is 0 Å². The number of halogens is 4. The third kappa shape index (κ3) is 2.98. The zero-order valence-corrected chi connectivity index (χ0v) is 11.9. The van der Waals surface area contributed by atoms with Crippen LogP contribution in [0.5, 0.6) is 0 Å². The third-order valence-electron chi connectivity index (χ3n) is 3.30. The van der Waals surface area contributed by atoms with Gasteiger partial charge < -0.3 is 0 Å². The van der Waals surface area contributed by atoms with Crippen LogP contribution in [0.1, 0.15) is 27.6 Å². The fourth-order valence-corrected chi connectivity index (χ4v) is 2.93. The minimum Gasteiger partial charge on any atom is -0.207 e. The molecule has 2 aromatic carbocycles. The Hall–Kier alpha value is -1.48. The molecule has 0 aromatic heterocycles. The lowest BCUT2D eigenvalue weighted by Gasteiger charge is -2.16. The lowest BCUT2D eigenvalue weighted by molar-refractivity contribution is 0.498. The SMILES string of the molecule is Cc1cc(F)cc(C)c1C(Cl)Cc1cccc(F)c1F. The van der Waals surface area contributed by atoms with E-state index in [2.05, 4.69) is 0 Å². The van der Waals surface area contributed by atoms with Gasteiger partial charge in [-0.1, -0.05) is 12.1 Å². The maximum Gasteiger partial charge on any atom is 0.162 e. The number of benzene rings is 2. The summed E-state index contributed by atoms with van der Waals surface area (Å²) in [6, 6.07) is 6.79. The Kier molecular flexibility index (Phi) is 4.39.